The first-order valence-electron chi connectivity index (χ1n) is 4.60. The molecule has 1 saturated carbocycles. The average Bonchev–Trinajstić information content (AvgIpc) is 2.05. The van der Waals surface area contributed by atoms with E-state index in [1.54, 1.807) is 7.05 Å². The van der Waals surface area contributed by atoms with Crippen LogP contribution in [0.1, 0.15) is 25.7 Å². The maximum Gasteiger partial charge on any atom is 0.248 e. The van der Waals surface area contributed by atoms with E-state index in [0.717, 1.165) is 6.42 Å². The summed E-state index contributed by atoms with van der Waals surface area (Å²) >= 11 is 0. The fourth-order valence-corrected chi connectivity index (χ4v) is 1.95. The molecule has 0 aromatic carbocycles. The largest absolute Gasteiger partial charge is 0.307 e. The number of nitrogens with one attached hydrogen (secondary N) is 1. The highest BCUT2D eigenvalue weighted by Crippen LogP contribution is 2.37. The van der Waals surface area contributed by atoms with Crippen LogP contribution in [0.3, 0.4) is 0 Å². The first-order chi connectivity index (χ1) is 6.09. The fourth-order valence-electron chi connectivity index (χ4n) is 1.95. The summed E-state index contributed by atoms with van der Waals surface area (Å²) in [5, 5.41) is 2.89. The molecule has 0 heterocycles. The van der Waals surface area contributed by atoms with Crippen LogP contribution in [0.4, 0.5) is 8.78 Å². The molecular weight excluding hydrogens is 172 g/mol. The third kappa shape index (κ3) is 2.67. The Kier molecular flexibility index (Phi) is 3.27. The second-order valence-corrected chi connectivity index (χ2v) is 3.65. The van der Waals surface area contributed by atoms with E-state index in [2.05, 4.69) is 11.2 Å². The molecule has 1 aliphatic carbocycles. The summed E-state index contributed by atoms with van der Waals surface area (Å²) < 4.78 is 26.0. The van der Waals surface area contributed by atoms with Crippen molar-refractivity contribution in [1.82, 2.24) is 5.32 Å². The number of terminal acetylenes is 1. The molecule has 0 radical (unpaired) electrons. The van der Waals surface area contributed by atoms with Gasteiger partial charge in [0.2, 0.25) is 5.92 Å². The Balaban J connectivity index is 2.56. The van der Waals surface area contributed by atoms with Crippen molar-refractivity contribution in [2.75, 3.05) is 7.05 Å². The van der Waals surface area contributed by atoms with Gasteiger partial charge in [0, 0.05) is 12.8 Å². The minimum absolute atomic E-state index is 0.0184. The van der Waals surface area contributed by atoms with Crippen molar-refractivity contribution in [3.05, 3.63) is 0 Å². The van der Waals surface area contributed by atoms with Gasteiger partial charge in [0.05, 0.1) is 6.04 Å². The summed E-state index contributed by atoms with van der Waals surface area (Å²) in [6.07, 6.45) is 6.59. The van der Waals surface area contributed by atoms with Crippen LogP contribution in [-0.2, 0) is 0 Å². The van der Waals surface area contributed by atoms with Crippen LogP contribution in [0.15, 0.2) is 0 Å². The van der Waals surface area contributed by atoms with Crippen LogP contribution in [0.25, 0.3) is 0 Å². The van der Waals surface area contributed by atoms with Crippen LogP contribution >= 0.6 is 0 Å². The minimum atomic E-state index is -2.51. The second kappa shape index (κ2) is 4.06. The quantitative estimate of drug-likeness (QED) is 0.652. The molecule has 1 nitrogen and oxygen atoms in total. The van der Waals surface area contributed by atoms with E-state index < -0.39 is 5.92 Å². The monoisotopic (exact) mass is 187 g/mol. The summed E-state index contributed by atoms with van der Waals surface area (Å²) in [4.78, 5) is 0. The molecule has 0 bridgehead atoms. The summed E-state index contributed by atoms with van der Waals surface area (Å²) in [6.45, 7) is 0. The molecule has 0 aromatic rings. The maximum atomic E-state index is 13.0. The van der Waals surface area contributed by atoms with Crippen molar-refractivity contribution in [1.29, 1.82) is 0 Å². The third-order valence-corrected chi connectivity index (χ3v) is 2.64. The smallest absolute Gasteiger partial charge is 0.248 e. The van der Waals surface area contributed by atoms with E-state index >= 15 is 0 Å². The lowest BCUT2D eigenvalue weighted by atomic mass is 9.82. The molecule has 2 unspecified atom stereocenters. The molecule has 0 aromatic heterocycles. The van der Waals surface area contributed by atoms with Crippen LogP contribution in [0, 0.1) is 18.3 Å². The molecule has 2 atom stereocenters. The van der Waals surface area contributed by atoms with Crippen LogP contribution in [0.5, 0.6) is 0 Å². The van der Waals surface area contributed by atoms with E-state index in [1.807, 2.05) is 0 Å². The lowest BCUT2D eigenvalue weighted by Gasteiger charge is -2.31. The Morgan fingerprint density at radius 2 is 2.31 bits per heavy atom. The van der Waals surface area contributed by atoms with Gasteiger partial charge >= 0.3 is 0 Å². The van der Waals surface area contributed by atoms with Gasteiger partial charge in [0.25, 0.3) is 0 Å². The average molecular weight is 187 g/mol. The second-order valence-electron chi connectivity index (χ2n) is 3.65. The zero-order chi connectivity index (χ0) is 9.90. The predicted octanol–water partition coefficient (Wildman–Crippen LogP) is 2.03. The normalized spacial score (nSPS) is 29.2. The van der Waals surface area contributed by atoms with Crippen molar-refractivity contribution in [2.24, 2.45) is 5.92 Å². The van der Waals surface area contributed by atoms with Crippen LogP contribution in [0.2, 0.25) is 0 Å². The predicted molar refractivity (Wildman–Crippen MR) is 48.6 cm³/mol. The Labute approximate surface area is 77.9 Å². The number of hydrogen-bond acceptors (Lipinski definition) is 1. The molecule has 1 fully saturated rings. The lowest BCUT2D eigenvalue weighted by Crippen LogP contribution is -2.38. The topological polar surface area (TPSA) is 12.0 Å². The number of alkyl halides is 2. The molecule has 0 aliphatic heterocycles. The van der Waals surface area contributed by atoms with Crippen LogP contribution < -0.4 is 5.32 Å². The van der Waals surface area contributed by atoms with Crippen molar-refractivity contribution in [3.8, 4) is 12.3 Å². The van der Waals surface area contributed by atoms with Gasteiger partial charge in [0.1, 0.15) is 0 Å². The Bertz CT molecular complexity index is 207. The molecule has 3 heteroatoms. The molecular formula is C10H15F2N. The standard InChI is InChI=1S/C10H15F2N/c1-3-9(13-2)8-5-4-6-10(11,12)7-8/h1,8-9,13H,4-7H2,2H3. The van der Waals surface area contributed by atoms with E-state index in [0.29, 0.717) is 6.42 Å². The SMILES string of the molecule is C#CC(NC)C1CCCC(F)(F)C1. The highest BCUT2D eigenvalue weighted by molar-refractivity contribution is 5.03. The van der Waals surface area contributed by atoms with E-state index in [-0.39, 0.29) is 24.8 Å². The van der Waals surface area contributed by atoms with E-state index in [4.69, 9.17) is 6.42 Å². The van der Waals surface area contributed by atoms with Gasteiger partial charge in [-0.1, -0.05) is 5.92 Å². The van der Waals surface area contributed by atoms with Crippen LogP contribution in [-0.4, -0.2) is 19.0 Å². The highest BCUT2D eigenvalue weighted by Gasteiger charge is 2.38. The third-order valence-electron chi connectivity index (χ3n) is 2.64. The Morgan fingerprint density at radius 1 is 1.62 bits per heavy atom. The van der Waals surface area contributed by atoms with Crippen molar-refractivity contribution in [2.45, 2.75) is 37.6 Å². The first kappa shape index (κ1) is 10.5. The van der Waals surface area contributed by atoms with E-state index in [9.17, 15) is 8.78 Å². The molecule has 13 heavy (non-hydrogen) atoms. The maximum absolute atomic E-state index is 13.0. The van der Waals surface area contributed by atoms with Crippen molar-refractivity contribution in [3.63, 3.8) is 0 Å². The first-order valence-corrected chi connectivity index (χ1v) is 4.60. The van der Waals surface area contributed by atoms with Crippen molar-refractivity contribution < 1.29 is 8.78 Å². The van der Waals surface area contributed by atoms with Gasteiger partial charge in [-0.2, -0.15) is 0 Å². The summed E-state index contributed by atoms with van der Waals surface area (Å²) in [6, 6.07) is -0.203. The molecule has 0 amide bonds. The van der Waals surface area contributed by atoms with Gasteiger partial charge in [-0.25, -0.2) is 8.78 Å². The summed E-state index contributed by atoms with van der Waals surface area (Å²) in [5.41, 5.74) is 0. The number of rotatable bonds is 2. The van der Waals surface area contributed by atoms with E-state index in [1.165, 1.54) is 0 Å². The molecule has 74 valence electrons. The number of hydrogen-bond donors (Lipinski definition) is 1. The van der Waals surface area contributed by atoms with Gasteiger partial charge < -0.3 is 5.32 Å². The molecule has 0 spiro atoms. The molecule has 1 rings (SSSR count). The summed E-state index contributed by atoms with van der Waals surface area (Å²) in [5.74, 6) is -0.0609. The molecule has 0 saturated heterocycles. The van der Waals surface area contributed by atoms with Gasteiger partial charge in [-0.05, 0) is 25.8 Å². The Hall–Kier alpha value is -0.620. The summed E-state index contributed by atoms with van der Waals surface area (Å²) in [7, 11) is 1.72. The van der Waals surface area contributed by atoms with Gasteiger partial charge in [-0.15, -0.1) is 6.42 Å². The van der Waals surface area contributed by atoms with Gasteiger partial charge in [0.15, 0.2) is 0 Å². The zero-order valence-electron chi connectivity index (χ0n) is 7.82. The van der Waals surface area contributed by atoms with Gasteiger partial charge in [-0.3, -0.25) is 0 Å². The number of halogens is 2. The Morgan fingerprint density at radius 3 is 2.77 bits per heavy atom. The zero-order valence-corrected chi connectivity index (χ0v) is 7.82. The minimum Gasteiger partial charge on any atom is -0.307 e. The fraction of sp³-hybridized carbons (Fsp3) is 0.800. The lowest BCUT2D eigenvalue weighted by molar-refractivity contribution is -0.0548. The van der Waals surface area contributed by atoms with Crippen molar-refractivity contribution >= 4 is 0 Å². The molecule has 1 N–H and O–H groups in total. The molecule has 1 aliphatic rings. The highest BCUT2D eigenvalue weighted by atomic mass is 19.3.